The van der Waals surface area contributed by atoms with Crippen molar-refractivity contribution in [3.63, 3.8) is 0 Å². The van der Waals surface area contributed by atoms with Crippen LogP contribution in [-0.4, -0.2) is 60.6 Å². The van der Waals surface area contributed by atoms with Gasteiger partial charge in [-0.1, -0.05) is 116 Å². The Morgan fingerprint density at radius 1 is 0.743 bits per heavy atom. The van der Waals surface area contributed by atoms with Crippen LogP contribution in [-0.2, 0) is 9.59 Å². The fourth-order valence-electron chi connectivity index (χ4n) is 4.25. The molecule has 0 aliphatic heterocycles. The molecule has 390 valence electrons. The van der Waals surface area contributed by atoms with Gasteiger partial charge in [0.25, 0.3) is 5.56 Å². The van der Waals surface area contributed by atoms with Crippen LogP contribution >= 0.6 is 23.3 Å². The van der Waals surface area contributed by atoms with Crippen LogP contribution in [0.1, 0.15) is 197 Å². The van der Waals surface area contributed by atoms with Gasteiger partial charge in [0.2, 0.25) is 11.8 Å². The molecule has 0 unspecified atom stereocenters. The predicted molar refractivity (Wildman–Crippen MR) is 272 cm³/mol. The third kappa shape index (κ3) is 28.8. The number of nitrogens with one attached hydrogen (secondary N) is 5. The summed E-state index contributed by atoms with van der Waals surface area (Å²) in [5.74, 6) is 3.31. The van der Waals surface area contributed by atoms with E-state index in [1.54, 1.807) is 52.3 Å². The van der Waals surface area contributed by atoms with Crippen molar-refractivity contribution in [3.05, 3.63) is 113 Å². The molecule has 6 N–H and O–H groups in total. The number of carbonyl (C=O) groups is 2. The maximum atomic E-state index is 11.4. The van der Waals surface area contributed by atoms with Gasteiger partial charge < -0.3 is 8.94 Å². The van der Waals surface area contributed by atoms with Crippen molar-refractivity contribution in [3.8, 4) is 6.19 Å². The van der Waals surface area contributed by atoms with Crippen LogP contribution < -0.4 is 27.5 Å². The molecule has 23 heteroatoms. The lowest BCUT2D eigenvalue weighted by molar-refractivity contribution is -0.132. The highest BCUT2D eigenvalue weighted by Crippen LogP contribution is 2.19. The van der Waals surface area contributed by atoms with Gasteiger partial charge in [-0.15, -0.1) is 0 Å². The topological polar surface area (TPSA) is 318 Å². The summed E-state index contributed by atoms with van der Waals surface area (Å²) in [6.07, 6.45) is 6.08. The molecule has 0 saturated carbocycles. The molecular weight excluding hydrogens is 941 g/mol. The summed E-state index contributed by atoms with van der Waals surface area (Å²) in [6.45, 7) is 37.2. The van der Waals surface area contributed by atoms with Gasteiger partial charge in [0, 0.05) is 51.7 Å². The molecule has 0 radical (unpaired) electrons. The molecule has 6 aromatic rings. The van der Waals surface area contributed by atoms with Crippen molar-refractivity contribution in [2.45, 2.75) is 167 Å². The van der Waals surface area contributed by atoms with E-state index >= 15 is 0 Å². The summed E-state index contributed by atoms with van der Waals surface area (Å²) < 4.78 is 26.4. The number of aryl methyl sites for hydroxylation is 3. The van der Waals surface area contributed by atoms with Crippen LogP contribution in [0.4, 0.5) is 0 Å². The smallest absolute Gasteiger partial charge is 0.438 e. The Morgan fingerprint density at radius 2 is 1.34 bits per heavy atom. The number of nitriles is 1. The van der Waals surface area contributed by atoms with Crippen molar-refractivity contribution in [2.75, 3.05) is 0 Å². The number of hydrogen-bond acceptors (Lipinski definition) is 18. The summed E-state index contributed by atoms with van der Waals surface area (Å²) in [4.78, 5) is 60.4. The quantitative estimate of drug-likeness (QED) is 0.0358. The Hall–Kier alpha value is -6.38. The van der Waals surface area contributed by atoms with Gasteiger partial charge in [-0.3, -0.25) is 44.3 Å². The van der Waals surface area contributed by atoms with Gasteiger partial charge >= 0.3 is 5.76 Å². The number of carbonyl (C=O) groups excluding carboxylic acids is 2. The van der Waals surface area contributed by atoms with Gasteiger partial charge in [0.05, 0.1) is 41.3 Å². The van der Waals surface area contributed by atoms with Crippen molar-refractivity contribution in [2.24, 2.45) is 11.8 Å². The molecule has 6 rings (SSSR count). The average Bonchev–Trinajstić information content (AvgIpc) is 4.16. The van der Waals surface area contributed by atoms with Crippen molar-refractivity contribution < 1.29 is 28.3 Å². The summed E-state index contributed by atoms with van der Waals surface area (Å²) >= 11 is 2.90. The van der Waals surface area contributed by atoms with Crippen molar-refractivity contribution in [1.29, 1.82) is 5.26 Å². The maximum Gasteiger partial charge on any atom is 0.438 e. The standard InChI is InChI=1S/C9H12O2.C7H11NS.C6H10N2S.C6H9NO2.C5H9N3.C5H8N2O2.C5H8N2O.C4H9NO2/c1-6(2)8-5-11-4-7(3)9(8)10;1-5(2)7-4-6(3)8-9-7;1-4(2)6-5(3)7-9-8-6;1-4(2)5-3-6(8)7-9-5;1-4(2)5-6-3-7-8-5;1-3(2)4-6-5(8)9-7-4;1-4(2)5(8)7-3-6;1-3(2)4(6)5-7/h4-6H,1-3H3;4-5H,1-3H3;4H,1-3H3;3-4H,1-2H3,(H,7,8);3-4H,1-2H3,(H,6,7,8);3H,1-2H3,(H,6,7,8);4H,1-2H3,(H,7,8);3,7H,1-2H3,(H,5,6). The third-order valence-electron chi connectivity index (χ3n) is 8.57. The number of amides is 2. The average molecular weight is 1020 g/mol. The van der Waals surface area contributed by atoms with E-state index < -0.39 is 5.76 Å². The maximum absolute atomic E-state index is 11.4. The van der Waals surface area contributed by atoms with E-state index in [0.717, 1.165) is 28.5 Å². The van der Waals surface area contributed by atoms with E-state index in [2.05, 4.69) is 95.7 Å². The molecule has 2 amide bonds. The van der Waals surface area contributed by atoms with Crippen molar-refractivity contribution >= 4 is 35.1 Å². The Morgan fingerprint density at radius 3 is 1.57 bits per heavy atom. The van der Waals surface area contributed by atoms with Crippen LogP contribution in [0.2, 0.25) is 0 Å². The Kier molecular flexibility index (Phi) is 33.5. The van der Waals surface area contributed by atoms with E-state index in [4.69, 9.17) is 19.4 Å². The SMILES string of the molecule is CC(C)C(=O)NC#N.CC(C)C(=O)NO.CC(C)c1cc(=O)[nH]o1.CC(C)c1ncn[nH]1.CC(C)c1noc(=O)[nH]1.Cc1cc(C(C)C)sn1.Cc1cocc(C(C)C)c1=O.Cc1nsnc1C(C)C. The normalized spacial score (nSPS) is 10.2. The first-order valence-corrected chi connectivity index (χ1v) is 24.1. The Bertz CT molecular complexity index is 2460. The van der Waals surface area contributed by atoms with Gasteiger partial charge in [-0.2, -0.15) is 28.6 Å². The monoisotopic (exact) mass is 1020 g/mol. The molecule has 6 aromatic heterocycles. The molecule has 0 aliphatic carbocycles. The van der Waals surface area contributed by atoms with E-state index in [9.17, 15) is 24.0 Å². The van der Waals surface area contributed by atoms with Crippen LogP contribution in [0, 0.1) is 44.1 Å². The van der Waals surface area contributed by atoms with E-state index in [0.29, 0.717) is 34.9 Å². The minimum absolute atomic E-state index is 0.102. The minimum Gasteiger partial charge on any atom is -0.472 e. The number of aromatic nitrogens is 9. The third-order valence-corrected chi connectivity index (χ3v) is 10.4. The van der Waals surface area contributed by atoms with Gasteiger partial charge in [-0.25, -0.2) is 15.3 Å². The summed E-state index contributed by atoms with van der Waals surface area (Å²) in [7, 11) is 0. The zero-order valence-electron chi connectivity index (χ0n) is 44.2. The molecule has 70 heavy (non-hydrogen) atoms. The number of rotatable bonds is 8. The van der Waals surface area contributed by atoms with Crippen LogP contribution in [0.25, 0.3) is 0 Å². The minimum atomic E-state index is -0.487. The first-order valence-electron chi connectivity index (χ1n) is 22.6. The lowest BCUT2D eigenvalue weighted by atomic mass is 10.0. The van der Waals surface area contributed by atoms with Crippen LogP contribution in [0.5, 0.6) is 0 Å². The van der Waals surface area contributed by atoms with Crippen LogP contribution in [0.15, 0.2) is 58.8 Å². The zero-order valence-corrected chi connectivity index (χ0v) is 45.8. The molecule has 0 bridgehead atoms. The molecule has 0 aliphatic rings. The lowest BCUT2D eigenvalue weighted by Crippen LogP contribution is -2.23. The fraction of sp³-hybridized carbons (Fsp3) is 0.574. The van der Waals surface area contributed by atoms with Gasteiger partial charge in [0.15, 0.2) is 17.4 Å². The predicted octanol–water partition coefficient (Wildman–Crippen LogP) is 9.51. The first-order chi connectivity index (χ1) is 32.6. The summed E-state index contributed by atoms with van der Waals surface area (Å²) in [5, 5.41) is 30.0. The number of aromatic amines is 3. The van der Waals surface area contributed by atoms with E-state index in [1.165, 1.54) is 47.0 Å². The second-order valence-corrected chi connectivity index (χ2v) is 19.1. The second kappa shape index (κ2) is 35.7. The molecular formula is C47H76N12O9S2. The van der Waals surface area contributed by atoms with E-state index in [-0.39, 0.29) is 52.4 Å². The lowest BCUT2D eigenvalue weighted by Gasteiger charge is -2.02. The number of hydroxylamine groups is 1. The van der Waals surface area contributed by atoms with Crippen LogP contribution in [0.3, 0.4) is 0 Å². The first kappa shape index (κ1) is 65.7. The largest absolute Gasteiger partial charge is 0.472 e. The molecule has 0 aromatic carbocycles. The number of nitrogens with zero attached hydrogens (tertiary/aromatic N) is 7. The fourth-order valence-corrected chi connectivity index (χ4v) is 5.68. The van der Waals surface area contributed by atoms with Crippen molar-refractivity contribution in [1.82, 2.24) is 54.4 Å². The molecule has 0 spiro atoms. The second-order valence-electron chi connectivity index (χ2n) is 17.7. The van der Waals surface area contributed by atoms with Gasteiger partial charge in [0.1, 0.15) is 17.9 Å². The molecule has 0 saturated heterocycles. The number of H-pyrrole nitrogens is 3. The highest BCUT2D eigenvalue weighted by molar-refractivity contribution is 7.05. The van der Waals surface area contributed by atoms with E-state index in [1.807, 2.05) is 60.7 Å². The molecule has 0 atom stereocenters. The molecule has 6 heterocycles. The number of hydrogen-bond donors (Lipinski definition) is 6. The van der Waals surface area contributed by atoms with Gasteiger partial charge in [-0.05, 0) is 56.1 Å². The summed E-state index contributed by atoms with van der Waals surface area (Å²) in [6, 6.07) is 3.61. The zero-order chi connectivity index (χ0) is 54.3. The Balaban J connectivity index is 0. The molecule has 0 fully saturated rings. The highest BCUT2D eigenvalue weighted by atomic mass is 32.1. The highest BCUT2D eigenvalue weighted by Gasteiger charge is 2.08. The summed E-state index contributed by atoms with van der Waals surface area (Å²) in [5.41, 5.74) is 6.25. The molecule has 21 nitrogen and oxygen atoms in total. The Labute approximate surface area is 419 Å².